The normalized spacial score (nSPS) is 21.3. The number of nitrogens with two attached hydrogens (primary N) is 1. The van der Waals surface area contributed by atoms with Crippen LogP contribution in [0.1, 0.15) is 60.5 Å². The van der Waals surface area contributed by atoms with Crippen molar-refractivity contribution in [2.75, 3.05) is 24.0 Å². The van der Waals surface area contributed by atoms with E-state index in [1.54, 1.807) is 13.0 Å². The highest BCUT2D eigenvalue weighted by atomic mass is 35.5. The predicted octanol–water partition coefficient (Wildman–Crippen LogP) is 4.99. The molecule has 0 radical (unpaired) electrons. The molecule has 5 rings (SSSR count). The first-order valence-electron chi connectivity index (χ1n) is 12.3. The summed E-state index contributed by atoms with van der Waals surface area (Å²) in [7, 11) is 0. The third kappa shape index (κ3) is 4.61. The van der Waals surface area contributed by atoms with Gasteiger partial charge in [0, 0.05) is 11.5 Å². The quantitative estimate of drug-likeness (QED) is 0.448. The van der Waals surface area contributed by atoms with E-state index in [4.69, 9.17) is 31.9 Å². The number of carbonyl (C=O) groups is 2. The van der Waals surface area contributed by atoms with Gasteiger partial charge in [-0.25, -0.2) is 9.59 Å². The van der Waals surface area contributed by atoms with E-state index >= 15 is 0 Å². The maximum Gasteiger partial charge on any atom is 0.344 e. The Morgan fingerprint density at radius 1 is 1.11 bits per heavy atom. The molecule has 1 fully saturated rings. The number of anilines is 2. The molecule has 2 aromatic carbocycles. The summed E-state index contributed by atoms with van der Waals surface area (Å²) in [6.45, 7) is 1.57. The lowest BCUT2D eigenvalue weighted by molar-refractivity contribution is -0.146. The minimum atomic E-state index is -0.553. The van der Waals surface area contributed by atoms with Crippen LogP contribution in [0.5, 0.6) is 0 Å². The predicted molar refractivity (Wildman–Crippen MR) is 136 cm³/mol. The number of aryl methyl sites for hydroxylation is 1. The highest BCUT2D eigenvalue weighted by molar-refractivity contribution is 6.33. The van der Waals surface area contributed by atoms with Gasteiger partial charge in [0.15, 0.2) is 6.61 Å². The van der Waals surface area contributed by atoms with Crippen molar-refractivity contribution >= 4 is 40.6 Å². The van der Waals surface area contributed by atoms with Crippen LogP contribution >= 0.6 is 11.6 Å². The second kappa shape index (κ2) is 9.90. The molecule has 2 unspecified atom stereocenters. The Kier molecular flexibility index (Phi) is 6.69. The molecule has 184 valence electrons. The minimum Gasteiger partial charge on any atom is -0.463 e. The molecule has 0 bridgehead atoms. The van der Waals surface area contributed by atoms with Crippen molar-refractivity contribution in [1.29, 1.82) is 0 Å². The number of benzene rings is 2. The van der Waals surface area contributed by atoms with Gasteiger partial charge in [-0.3, -0.25) is 5.01 Å². The Balaban J connectivity index is 1.43. The number of esters is 2. The number of rotatable bonds is 6. The van der Waals surface area contributed by atoms with E-state index in [0.29, 0.717) is 28.1 Å². The number of hydrazone groups is 1. The summed E-state index contributed by atoms with van der Waals surface area (Å²) in [5.41, 5.74) is 11.1. The van der Waals surface area contributed by atoms with E-state index in [1.165, 1.54) is 25.7 Å². The number of halogens is 1. The first kappa shape index (κ1) is 23.7. The molecule has 1 aliphatic heterocycles. The second-order valence-corrected chi connectivity index (χ2v) is 9.88. The largest absolute Gasteiger partial charge is 0.463 e. The Bertz CT molecular complexity index is 1180. The smallest absolute Gasteiger partial charge is 0.344 e. The van der Waals surface area contributed by atoms with Gasteiger partial charge in [0.2, 0.25) is 0 Å². The molecule has 0 spiro atoms. The fourth-order valence-corrected chi connectivity index (χ4v) is 5.94. The molecule has 2 aliphatic carbocycles. The summed E-state index contributed by atoms with van der Waals surface area (Å²) in [4.78, 5) is 24.0. The number of carbonyl (C=O) groups excluding carboxylic acids is 2. The fraction of sp³-hybridized carbons (Fsp3) is 0.444. The Hall–Kier alpha value is -3.06. The monoisotopic (exact) mass is 495 g/mol. The van der Waals surface area contributed by atoms with Crippen LogP contribution in [0, 0.1) is 11.8 Å². The van der Waals surface area contributed by atoms with Gasteiger partial charge in [0.1, 0.15) is 0 Å². The van der Waals surface area contributed by atoms with Crippen LogP contribution in [0.15, 0.2) is 41.5 Å². The highest BCUT2D eigenvalue weighted by Crippen LogP contribution is 2.45. The van der Waals surface area contributed by atoms with E-state index in [0.717, 1.165) is 35.4 Å². The maximum absolute atomic E-state index is 12.5. The summed E-state index contributed by atoms with van der Waals surface area (Å²) in [6, 6.07) is 11.6. The van der Waals surface area contributed by atoms with Crippen molar-refractivity contribution in [3.63, 3.8) is 0 Å². The number of hydrogen-bond donors (Lipinski definition) is 1. The SMILES string of the molecule is CCOC(=O)COC(=O)c1ccc2c(c1)CCC1C2=NN(c2ccc(N)c(Cl)c2)C1C1CCCC1. The molecular weight excluding hydrogens is 466 g/mol. The van der Waals surface area contributed by atoms with Gasteiger partial charge in [-0.2, -0.15) is 5.10 Å². The Morgan fingerprint density at radius 3 is 2.66 bits per heavy atom. The van der Waals surface area contributed by atoms with E-state index in [1.807, 2.05) is 30.3 Å². The van der Waals surface area contributed by atoms with Gasteiger partial charge in [-0.05, 0) is 74.4 Å². The first-order chi connectivity index (χ1) is 17.0. The molecular formula is C27H30ClN3O4. The number of nitrogen functional groups attached to an aromatic ring is 1. The standard InChI is InChI=1S/C27H30ClN3O4/c1-2-34-24(32)15-35-27(33)18-8-10-20-17(13-18)7-11-21-25(20)30-31(26(21)16-5-3-4-6-16)19-9-12-23(29)22(28)14-19/h8-10,12-14,16,21,26H,2-7,11,15,29H2,1H3. The van der Waals surface area contributed by atoms with Gasteiger partial charge in [-0.15, -0.1) is 0 Å². The summed E-state index contributed by atoms with van der Waals surface area (Å²) in [6.07, 6.45) is 6.76. The second-order valence-electron chi connectivity index (χ2n) is 9.47. The lowest BCUT2D eigenvalue weighted by Crippen LogP contribution is -2.40. The van der Waals surface area contributed by atoms with Crippen molar-refractivity contribution < 1.29 is 19.1 Å². The molecule has 2 aromatic rings. The molecule has 3 aliphatic rings. The van der Waals surface area contributed by atoms with Crippen LogP contribution in [-0.4, -0.2) is 36.9 Å². The molecule has 35 heavy (non-hydrogen) atoms. The molecule has 2 N–H and O–H groups in total. The van der Waals surface area contributed by atoms with Crippen LogP contribution in [0.3, 0.4) is 0 Å². The third-order valence-electron chi connectivity index (χ3n) is 7.36. The van der Waals surface area contributed by atoms with Crippen molar-refractivity contribution in [2.24, 2.45) is 16.9 Å². The zero-order valence-electron chi connectivity index (χ0n) is 19.8. The van der Waals surface area contributed by atoms with Crippen LogP contribution < -0.4 is 10.7 Å². The van der Waals surface area contributed by atoms with E-state index in [2.05, 4.69) is 5.01 Å². The molecule has 1 saturated carbocycles. The van der Waals surface area contributed by atoms with Crippen LogP contribution in [0.2, 0.25) is 5.02 Å². The average Bonchev–Trinajstić information content (AvgIpc) is 3.52. The zero-order valence-corrected chi connectivity index (χ0v) is 20.6. The van der Waals surface area contributed by atoms with E-state index < -0.39 is 11.9 Å². The summed E-state index contributed by atoms with van der Waals surface area (Å²) >= 11 is 6.37. The minimum absolute atomic E-state index is 0.250. The Labute approximate surface area is 210 Å². The maximum atomic E-state index is 12.5. The van der Waals surface area contributed by atoms with Gasteiger partial charge < -0.3 is 15.2 Å². The number of fused-ring (bicyclic) bond motifs is 3. The third-order valence-corrected chi connectivity index (χ3v) is 7.69. The van der Waals surface area contributed by atoms with Crippen LogP contribution in [0.4, 0.5) is 11.4 Å². The zero-order chi connectivity index (χ0) is 24.5. The van der Waals surface area contributed by atoms with Gasteiger partial charge in [0.25, 0.3) is 0 Å². The molecule has 0 amide bonds. The molecule has 2 atom stereocenters. The summed E-state index contributed by atoms with van der Waals surface area (Å²) in [5.74, 6) is -0.180. The Morgan fingerprint density at radius 2 is 1.91 bits per heavy atom. The van der Waals surface area contributed by atoms with E-state index in [-0.39, 0.29) is 19.3 Å². The summed E-state index contributed by atoms with van der Waals surface area (Å²) in [5, 5.41) is 7.85. The van der Waals surface area contributed by atoms with Crippen molar-refractivity contribution in [2.45, 2.75) is 51.5 Å². The number of hydrogen-bond acceptors (Lipinski definition) is 7. The van der Waals surface area contributed by atoms with Gasteiger partial charge in [0.05, 0.1) is 40.3 Å². The molecule has 0 aromatic heterocycles. The number of ether oxygens (including phenoxy) is 2. The van der Waals surface area contributed by atoms with Gasteiger partial charge in [-0.1, -0.05) is 30.5 Å². The fourth-order valence-electron chi connectivity index (χ4n) is 5.76. The molecule has 0 saturated heterocycles. The molecule has 7 nitrogen and oxygen atoms in total. The number of nitrogens with zero attached hydrogens (tertiary/aromatic N) is 2. The van der Waals surface area contributed by atoms with Crippen LogP contribution in [-0.2, 0) is 20.7 Å². The molecule has 8 heteroatoms. The topological polar surface area (TPSA) is 94.2 Å². The first-order valence-corrected chi connectivity index (χ1v) is 12.7. The lowest BCUT2D eigenvalue weighted by atomic mass is 9.75. The van der Waals surface area contributed by atoms with E-state index in [9.17, 15) is 9.59 Å². The van der Waals surface area contributed by atoms with Gasteiger partial charge >= 0.3 is 11.9 Å². The average molecular weight is 496 g/mol. The van der Waals surface area contributed by atoms with Crippen LogP contribution in [0.25, 0.3) is 0 Å². The molecule has 1 heterocycles. The summed E-state index contributed by atoms with van der Waals surface area (Å²) < 4.78 is 9.95. The van der Waals surface area contributed by atoms with Crippen molar-refractivity contribution in [3.8, 4) is 0 Å². The van der Waals surface area contributed by atoms with Crippen molar-refractivity contribution in [1.82, 2.24) is 0 Å². The highest BCUT2D eigenvalue weighted by Gasteiger charge is 2.45. The van der Waals surface area contributed by atoms with Crippen molar-refractivity contribution in [3.05, 3.63) is 58.1 Å². The lowest BCUT2D eigenvalue weighted by Gasteiger charge is -2.34.